The number of carbonyl (C=O) groups excluding carboxylic acids is 2. The molecule has 0 saturated carbocycles. The molecule has 5 nitrogen and oxygen atoms in total. The van der Waals surface area contributed by atoms with Crippen molar-refractivity contribution in [2.75, 3.05) is 26.2 Å². The summed E-state index contributed by atoms with van der Waals surface area (Å²) in [6.45, 7) is 4.38. The van der Waals surface area contributed by atoms with Crippen LogP contribution < -0.4 is 0 Å². The minimum Gasteiger partial charge on any atom is -0.472 e. The molecule has 0 N–H and O–H groups in total. The predicted molar refractivity (Wildman–Crippen MR) is 90.7 cm³/mol. The summed E-state index contributed by atoms with van der Waals surface area (Å²) >= 11 is 0. The monoisotopic (exact) mass is 326 g/mol. The molecule has 1 unspecified atom stereocenters. The van der Waals surface area contributed by atoms with E-state index in [9.17, 15) is 9.59 Å². The van der Waals surface area contributed by atoms with Crippen LogP contribution in [0.4, 0.5) is 0 Å². The van der Waals surface area contributed by atoms with Crippen molar-refractivity contribution in [2.45, 2.75) is 19.3 Å². The largest absolute Gasteiger partial charge is 0.472 e. The van der Waals surface area contributed by atoms with E-state index in [1.54, 1.807) is 11.0 Å². The highest BCUT2D eigenvalue weighted by Gasteiger charge is 2.26. The third-order valence-corrected chi connectivity index (χ3v) is 4.54. The van der Waals surface area contributed by atoms with Gasteiger partial charge < -0.3 is 14.2 Å². The lowest BCUT2D eigenvalue weighted by molar-refractivity contribution is -0.133. The molecule has 2 heterocycles. The lowest BCUT2D eigenvalue weighted by Gasteiger charge is -2.35. The molecule has 0 aliphatic carbocycles. The number of rotatable bonds is 4. The summed E-state index contributed by atoms with van der Waals surface area (Å²) in [4.78, 5) is 28.4. The predicted octanol–water partition coefficient (Wildman–Crippen LogP) is 2.76. The Balaban J connectivity index is 1.51. The van der Waals surface area contributed by atoms with Crippen LogP contribution in [0.2, 0.25) is 0 Å². The Labute approximate surface area is 141 Å². The smallest absolute Gasteiger partial charge is 0.257 e. The topological polar surface area (TPSA) is 53.8 Å². The summed E-state index contributed by atoms with van der Waals surface area (Å²) in [5.74, 6) is 0.319. The zero-order valence-electron chi connectivity index (χ0n) is 13.9. The Bertz CT molecular complexity index is 674. The minimum atomic E-state index is -0.0338. The quantitative estimate of drug-likeness (QED) is 0.868. The molecule has 2 amide bonds. The summed E-state index contributed by atoms with van der Waals surface area (Å²) in [5, 5.41) is 0. The number of hydrogen-bond donors (Lipinski definition) is 0. The standard InChI is InChI=1S/C19H22N2O3/c1-15(16-5-3-2-4-6-16)13-18(22)20-8-10-21(11-9-20)19(23)17-7-12-24-14-17/h2-7,12,14-15H,8-11,13H2,1H3. The van der Waals surface area contributed by atoms with Crippen molar-refractivity contribution < 1.29 is 14.0 Å². The van der Waals surface area contributed by atoms with Gasteiger partial charge in [-0.25, -0.2) is 0 Å². The van der Waals surface area contributed by atoms with Gasteiger partial charge in [-0.3, -0.25) is 9.59 Å². The number of hydrogen-bond acceptors (Lipinski definition) is 3. The first-order valence-corrected chi connectivity index (χ1v) is 8.29. The first kappa shape index (κ1) is 16.3. The highest BCUT2D eigenvalue weighted by molar-refractivity contribution is 5.94. The molecule has 1 aromatic carbocycles. The average molecular weight is 326 g/mol. The maximum atomic E-state index is 12.5. The van der Waals surface area contributed by atoms with Gasteiger partial charge in [0.2, 0.25) is 5.91 Å². The van der Waals surface area contributed by atoms with Crippen molar-refractivity contribution in [3.63, 3.8) is 0 Å². The van der Waals surface area contributed by atoms with Gasteiger partial charge in [-0.05, 0) is 17.5 Å². The Morgan fingerprint density at radius 3 is 2.33 bits per heavy atom. The van der Waals surface area contributed by atoms with Crippen LogP contribution in [0, 0.1) is 0 Å². The van der Waals surface area contributed by atoms with Gasteiger partial charge in [-0.15, -0.1) is 0 Å². The van der Waals surface area contributed by atoms with Crippen LogP contribution in [0.25, 0.3) is 0 Å². The van der Waals surface area contributed by atoms with Crippen molar-refractivity contribution in [2.24, 2.45) is 0 Å². The van der Waals surface area contributed by atoms with Gasteiger partial charge in [-0.2, -0.15) is 0 Å². The zero-order chi connectivity index (χ0) is 16.9. The van der Waals surface area contributed by atoms with Gasteiger partial charge >= 0.3 is 0 Å². The highest BCUT2D eigenvalue weighted by atomic mass is 16.3. The molecule has 0 radical (unpaired) electrons. The fourth-order valence-corrected chi connectivity index (χ4v) is 3.02. The van der Waals surface area contributed by atoms with E-state index in [2.05, 4.69) is 19.1 Å². The molecular weight excluding hydrogens is 304 g/mol. The van der Waals surface area contributed by atoms with Gasteiger partial charge in [0.25, 0.3) is 5.91 Å². The van der Waals surface area contributed by atoms with E-state index in [0.29, 0.717) is 38.2 Å². The van der Waals surface area contributed by atoms with Crippen LogP contribution in [-0.4, -0.2) is 47.8 Å². The molecule has 1 aliphatic rings. The Kier molecular flexibility index (Phi) is 4.99. The second-order valence-electron chi connectivity index (χ2n) is 6.20. The van der Waals surface area contributed by atoms with Crippen LogP contribution in [0.1, 0.15) is 35.2 Å². The second-order valence-corrected chi connectivity index (χ2v) is 6.20. The van der Waals surface area contributed by atoms with E-state index >= 15 is 0 Å². The average Bonchev–Trinajstić information content (AvgIpc) is 3.16. The molecule has 126 valence electrons. The molecule has 3 rings (SSSR count). The lowest BCUT2D eigenvalue weighted by atomic mass is 9.97. The molecule has 0 spiro atoms. The maximum Gasteiger partial charge on any atom is 0.257 e. The molecule has 1 saturated heterocycles. The Hall–Kier alpha value is -2.56. The van der Waals surface area contributed by atoms with Crippen LogP contribution in [0.3, 0.4) is 0 Å². The number of nitrogens with zero attached hydrogens (tertiary/aromatic N) is 2. The molecule has 5 heteroatoms. The zero-order valence-corrected chi connectivity index (χ0v) is 13.9. The van der Waals surface area contributed by atoms with Crippen molar-refractivity contribution in [1.82, 2.24) is 9.80 Å². The Morgan fingerprint density at radius 1 is 1.04 bits per heavy atom. The van der Waals surface area contributed by atoms with Crippen molar-refractivity contribution in [3.8, 4) is 0 Å². The van der Waals surface area contributed by atoms with Crippen LogP contribution in [0.15, 0.2) is 53.3 Å². The maximum absolute atomic E-state index is 12.5. The highest BCUT2D eigenvalue weighted by Crippen LogP contribution is 2.20. The van der Waals surface area contributed by atoms with E-state index in [-0.39, 0.29) is 17.7 Å². The number of furan rings is 1. The van der Waals surface area contributed by atoms with E-state index in [1.165, 1.54) is 18.1 Å². The third-order valence-electron chi connectivity index (χ3n) is 4.54. The number of piperazine rings is 1. The molecule has 24 heavy (non-hydrogen) atoms. The van der Waals surface area contributed by atoms with Crippen molar-refractivity contribution >= 4 is 11.8 Å². The van der Waals surface area contributed by atoms with Gasteiger partial charge in [0, 0.05) is 32.6 Å². The molecule has 1 aliphatic heterocycles. The van der Waals surface area contributed by atoms with Crippen molar-refractivity contribution in [3.05, 3.63) is 60.1 Å². The van der Waals surface area contributed by atoms with E-state index in [0.717, 1.165) is 0 Å². The fourth-order valence-electron chi connectivity index (χ4n) is 3.02. The van der Waals surface area contributed by atoms with Gasteiger partial charge in [-0.1, -0.05) is 37.3 Å². The van der Waals surface area contributed by atoms with E-state index in [4.69, 9.17) is 4.42 Å². The van der Waals surface area contributed by atoms with E-state index in [1.807, 2.05) is 23.1 Å². The van der Waals surface area contributed by atoms with Gasteiger partial charge in [0.15, 0.2) is 0 Å². The molecular formula is C19H22N2O3. The first-order valence-electron chi connectivity index (χ1n) is 8.29. The van der Waals surface area contributed by atoms with E-state index < -0.39 is 0 Å². The number of carbonyl (C=O) groups is 2. The van der Waals surface area contributed by atoms with Crippen LogP contribution in [-0.2, 0) is 4.79 Å². The minimum absolute atomic E-state index is 0.0338. The summed E-state index contributed by atoms with van der Waals surface area (Å²) in [6.07, 6.45) is 3.46. The van der Waals surface area contributed by atoms with Gasteiger partial charge in [0.05, 0.1) is 11.8 Å². The summed E-state index contributed by atoms with van der Waals surface area (Å²) < 4.78 is 4.96. The molecule has 1 aromatic heterocycles. The molecule has 0 bridgehead atoms. The van der Waals surface area contributed by atoms with Gasteiger partial charge in [0.1, 0.15) is 6.26 Å². The number of benzene rings is 1. The second kappa shape index (κ2) is 7.34. The number of amides is 2. The summed E-state index contributed by atoms with van der Waals surface area (Å²) in [5.41, 5.74) is 1.74. The fraction of sp³-hybridized carbons (Fsp3) is 0.368. The molecule has 2 aromatic rings. The third kappa shape index (κ3) is 3.67. The molecule has 1 atom stereocenters. The molecule has 1 fully saturated rings. The SMILES string of the molecule is CC(CC(=O)N1CCN(C(=O)c2ccoc2)CC1)c1ccccc1. The lowest BCUT2D eigenvalue weighted by Crippen LogP contribution is -2.50. The van der Waals surface area contributed by atoms with Crippen molar-refractivity contribution in [1.29, 1.82) is 0 Å². The van der Waals surface area contributed by atoms with Crippen LogP contribution >= 0.6 is 0 Å². The van der Waals surface area contributed by atoms with Crippen LogP contribution in [0.5, 0.6) is 0 Å². The Morgan fingerprint density at radius 2 is 1.71 bits per heavy atom. The normalized spacial score (nSPS) is 16.0. The summed E-state index contributed by atoms with van der Waals surface area (Å²) in [6, 6.07) is 11.8. The summed E-state index contributed by atoms with van der Waals surface area (Å²) in [7, 11) is 0. The first-order chi connectivity index (χ1) is 11.6.